The van der Waals surface area contributed by atoms with Gasteiger partial charge in [0.05, 0.1) is 6.10 Å². The van der Waals surface area contributed by atoms with E-state index in [9.17, 15) is 5.11 Å². The first kappa shape index (κ1) is 9.92. The smallest absolute Gasteiger partial charge is 0.0575 e. The molecule has 1 N–H and O–H groups in total. The van der Waals surface area contributed by atoms with Crippen molar-refractivity contribution in [2.24, 2.45) is 5.41 Å². The van der Waals surface area contributed by atoms with Crippen LogP contribution in [0.5, 0.6) is 0 Å². The van der Waals surface area contributed by atoms with Crippen molar-refractivity contribution in [3.8, 4) is 0 Å². The van der Waals surface area contributed by atoms with E-state index in [1.165, 1.54) is 0 Å². The van der Waals surface area contributed by atoms with E-state index in [2.05, 4.69) is 18.7 Å². The molecule has 0 aliphatic rings. The van der Waals surface area contributed by atoms with E-state index in [0.29, 0.717) is 0 Å². The molecule has 2 heteroatoms. The Bertz CT molecular complexity index is 97.4. The van der Waals surface area contributed by atoms with Crippen LogP contribution in [0.15, 0.2) is 0 Å². The van der Waals surface area contributed by atoms with Gasteiger partial charge in [-0.15, -0.1) is 0 Å². The summed E-state index contributed by atoms with van der Waals surface area (Å²) < 4.78 is 0. The van der Waals surface area contributed by atoms with E-state index < -0.39 is 0 Å². The highest BCUT2D eigenvalue weighted by atomic mass is 16.3. The Morgan fingerprint density at radius 3 is 1.90 bits per heavy atom. The average molecular weight is 145 g/mol. The lowest BCUT2D eigenvalue weighted by Crippen LogP contribution is -2.36. The topological polar surface area (TPSA) is 23.5 Å². The zero-order valence-electron chi connectivity index (χ0n) is 7.68. The summed E-state index contributed by atoms with van der Waals surface area (Å²) in [5, 5.41) is 9.30. The molecule has 10 heavy (non-hydrogen) atoms. The van der Waals surface area contributed by atoms with Gasteiger partial charge in [0, 0.05) is 12.0 Å². The Morgan fingerprint density at radius 2 is 1.80 bits per heavy atom. The van der Waals surface area contributed by atoms with Crippen molar-refractivity contribution >= 4 is 0 Å². The van der Waals surface area contributed by atoms with Crippen LogP contribution in [-0.4, -0.2) is 36.8 Å². The highest BCUT2D eigenvalue weighted by Gasteiger charge is 2.24. The van der Waals surface area contributed by atoms with Gasteiger partial charge in [-0.25, -0.2) is 0 Å². The van der Waals surface area contributed by atoms with E-state index in [0.717, 1.165) is 6.54 Å². The average Bonchev–Trinajstić information content (AvgIpc) is 1.60. The molecule has 2 nitrogen and oxygen atoms in total. The van der Waals surface area contributed by atoms with Gasteiger partial charge in [-0.3, -0.25) is 0 Å². The van der Waals surface area contributed by atoms with Crippen LogP contribution in [0.4, 0.5) is 0 Å². The van der Waals surface area contributed by atoms with Crippen molar-refractivity contribution in [3.05, 3.63) is 0 Å². The van der Waals surface area contributed by atoms with Gasteiger partial charge in [-0.05, 0) is 21.0 Å². The van der Waals surface area contributed by atoms with E-state index >= 15 is 0 Å². The minimum Gasteiger partial charge on any atom is -0.393 e. The Morgan fingerprint density at radius 1 is 1.40 bits per heavy atom. The maximum atomic E-state index is 9.30. The minimum absolute atomic E-state index is 0.00347. The lowest BCUT2D eigenvalue weighted by atomic mass is 9.87. The summed E-state index contributed by atoms with van der Waals surface area (Å²) in [6.45, 7) is 6.89. The first-order chi connectivity index (χ1) is 4.36. The second-order valence-electron chi connectivity index (χ2n) is 3.90. The predicted octanol–water partition coefficient (Wildman–Crippen LogP) is 0.955. The largest absolute Gasteiger partial charge is 0.393 e. The van der Waals surface area contributed by atoms with E-state index in [4.69, 9.17) is 0 Å². The lowest BCUT2D eigenvalue weighted by molar-refractivity contribution is 0.0462. The number of hydrogen-bond acceptors (Lipinski definition) is 2. The highest BCUT2D eigenvalue weighted by molar-refractivity contribution is 4.76. The Hall–Kier alpha value is -0.0800. The summed E-state index contributed by atoms with van der Waals surface area (Å²) in [6.07, 6.45) is -0.241. The van der Waals surface area contributed by atoms with Gasteiger partial charge in [0.25, 0.3) is 0 Å². The molecule has 0 spiro atoms. The standard InChI is InChI=1S/C8H19NO/c1-7(10)8(2,3)6-9(4)5/h7,10H,6H2,1-5H3. The molecule has 0 fully saturated rings. The predicted molar refractivity (Wildman–Crippen MR) is 44.0 cm³/mol. The van der Waals surface area contributed by atoms with E-state index in [1.807, 2.05) is 21.0 Å². The fourth-order valence-corrected chi connectivity index (χ4v) is 0.947. The monoisotopic (exact) mass is 145 g/mol. The first-order valence-electron chi connectivity index (χ1n) is 3.69. The van der Waals surface area contributed by atoms with Crippen LogP contribution in [-0.2, 0) is 0 Å². The van der Waals surface area contributed by atoms with Gasteiger partial charge in [0.15, 0.2) is 0 Å². The van der Waals surface area contributed by atoms with Crippen LogP contribution in [0.1, 0.15) is 20.8 Å². The lowest BCUT2D eigenvalue weighted by Gasteiger charge is -2.30. The molecule has 0 radical (unpaired) electrons. The first-order valence-corrected chi connectivity index (χ1v) is 3.69. The van der Waals surface area contributed by atoms with Crippen molar-refractivity contribution in [2.45, 2.75) is 26.9 Å². The molecule has 0 amide bonds. The molecule has 1 atom stereocenters. The van der Waals surface area contributed by atoms with Crippen molar-refractivity contribution < 1.29 is 5.11 Å². The molecule has 0 heterocycles. The number of aliphatic hydroxyl groups excluding tert-OH is 1. The van der Waals surface area contributed by atoms with Gasteiger partial charge in [0.2, 0.25) is 0 Å². The second kappa shape index (κ2) is 3.35. The molecular formula is C8H19NO. The molecule has 0 aliphatic heterocycles. The third-order valence-electron chi connectivity index (χ3n) is 1.85. The normalized spacial score (nSPS) is 15.9. The van der Waals surface area contributed by atoms with Crippen LogP contribution in [0.2, 0.25) is 0 Å². The van der Waals surface area contributed by atoms with Crippen LogP contribution in [0.3, 0.4) is 0 Å². The highest BCUT2D eigenvalue weighted by Crippen LogP contribution is 2.20. The Balaban J connectivity index is 3.87. The number of nitrogens with zero attached hydrogens (tertiary/aromatic N) is 1. The molecule has 0 aromatic rings. The van der Waals surface area contributed by atoms with Crippen molar-refractivity contribution in [3.63, 3.8) is 0 Å². The number of hydrogen-bond donors (Lipinski definition) is 1. The fourth-order valence-electron chi connectivity index (χ4n) is 0.947. The summed E-state index contributed by atoms with van der Waals surface area (Å²) in [5.41, 5.74) is 0.00347. The van der Waals surface area contributed by atoms with E-state index in [-0.39, 0.29) is 11.5 Å². The van der Waals surface area contributed by atoms with Gasteiger partial charge in [-0.1, -0.05) is 13.8 Å². The maximum absolute atomic E-state index is 9.30. The number of aliphatic hydroxyl groups is 1. The van der Waals surface area contributed by atoms with Gasteiger partial charge < -0.3 is 10.0 Å². The van der Waals surface area contributed by atoms with E-state index in [1.54, 1.807) is 0 Å². The molecular weight excluding hydrogens is 126 g/mol. The van der Waals surface area contributed by atoms with Gasteiger partial charge in [-0.2, -0.15) is 0 Å². The molecule has 0 rings (SSSR count). The third-order valence-corrected chi connectivity index (χ3v) is 1.85. The summed E-state index contributed by atoms with van der Waals surface area (Å²) >= 11 is 0. The maximum Gasteiger partial charge on any atom is 0.0575 e. The molecule has 0 saturated heterocycles. The molecule has 1 unspecified atom stereocenters. The van der Waals surface area contributed by atoms with Crippen molar-refractivity contribution in [1.82, 2.24) is 4.90 Å². The zero-order valence-corrected chi connectivity index (χ0v) is 7.68. The third kappa shape index (κ3) is 3.18. The van der Waals surface area contributed by atoms with Gasteiger partial charge in [0.1, 0.15) is 0 Å². The zero-order chi connectivity index (χ0) is 8.36. The summed E-state index contributed by atoms with van der Waals surface area (Å²) in [7, 11) is 4.04. The Labute approximate surface area is 63.8 Å². The van der Waals surface area contributed by atoms with Gasteiger partial charge >= 0.3 is 0 Å². The number of rotatable bonds is 3. The van der Waals surface area contributed by atoms with Crippen LogP contribution in [0.25, 0.3) is 0 Å². The van der Waals surface area contributed by atoms with Crippen LogP contribution in [0, 0.1) is 5.41 Å². The summed E-state index contributed by atoms with van der Waals surface area (Å²) in [6, 6.07) is 0. The fraction of sp³-hybridized carbons (Fsp3) is 1.00. The molecule has 0 aromatic heterocycles. The SMILES string of the molecule is CC(O)C(C)(C)CN(C)C. The molecule has 62 valence electrons. The quantitative estimate of drug-likeness (QED) is 0.639. The van der Waals surface area contributed by atoms with Crippen LogP contribution < -0.4 is 0 Å². The van der Waals surface area contributed by atoms with Crippen molar-refractivity contribution in [1.29, 1.82) is 0 Å². The molecule has 0 bridgehead atoms. The Kier molecular flexibility index (Phi) is 3.33. The van der Waals surface area contributed by atoms with Crippen LogP contribution >= 0.6 is 0 Å². The second-order valence-corrected chi connectivity index (χ2v) is 3.90. The summed E-state index contributed by atoms with van der Waals surface area (Å²) in [5.74, 6) is 0. The molecule has 0 saturated carbocycles. The summed E-state index contributed by atoms with van der Waals surface area (Å²) in [4.78, 5) is 2.09. The minimum atomic E-state index is -0.241. The van der Waals surface area contributed by atoms with Crippen molar-refractivity contribution in [2.75, 3.05) is 20.6 Å². The molecule has 0 aromatic carbocycles. The molecule has 0 aliphatic carbocycles.